The molecule has 2 aromatic heterocycles. The maximum Gasteiger partial charge on any atom is 0.291 e. The van der Waals surface area contributed by atoms with Gasteiger partial charge in [-0.05, 0) is 43.0 Å². The van der Waals surface area contributed by atoms with Crippen LogP contribution in [0.1, 0.15) is 33.8 Å². The Hall–Kier alpha value is -1.83. The van der Waals surface area contributed by atoms with Gasteiger partial charge in [0, 0.05) is 12.6 Å². The van der Waals surface area contributed by atoms with Crippen molar-refractivity contribution in [2.24, 2.45) is 0 Å². The number of rotatable bonds is 5. The van der Waals surface area contributed by atoms with Crippen molar-refractivity contribution < 1.29 is 14.0 Å². The molecular weight excluding hydrogens is 338 g/mol. The normalized spacial score (nSPS) is 16.6. The zero-order valence-corrected chi connectivity index (χ0v) is 14.0. The highest BCUT2D eigenvalue weighted by Gasteiger charge is 2.19. The monoisotopic (exact) mass is 355 g/mol. The molecule has 2 aromatic rings. The Labute approximate surface area is 144 Å². The zero-order valence-electron chi connectivity index (χ0n) is 12.3. The molecule has 0 spiro atoms. The minimum Gasteiger partial charge on any atom is -0.459 e. The number of carbonyl (C=O) groups excluding carboxylic acids is 2. The number of halogens is 1. The smallest absolute Gasteiger partial charge is 0.291 e. The van der Waals surface area contributed by atoms with Crippen molar-refractivity contribution in [3.05, 3.63) is 41.2 Å². The molecule has 1 saturated heterocycles. The van der Waals surface area contributed by atoms with Crippen molar-refractivity contribution in [2.75, 3.05) is 18.4 Å². The number of thiophene rings is 1. The molecule has 8 heteroatoms. The van der Waals surface area contributed by atoms with Crippen LogP contribution in [0.4, 0.5) is 5.00 Å². The van der Waals surface area contributed by atoms with Crippen LogP contribution in [0.5, 0.6) is 0 Å². The van der Waals surface area contributed by atoms with E-state index in [0.717, 1.165) is 19.4 Å². The molecular formula is C15H18ClN3O3S. The van der Waals surface area contributed by atoms with Crippen LogP contribution in [0.25, 0.3) is 0 Å². The lowest BCUT2D eigenvalue weighted by Gasteiger charge is -2.11. The van der Waals surface area contributed by atoms with Crippen LogP contribution in [0.2, 0.25) is 0 Å². The van der Waals surface area contributed by atoms with Crippen LogP contribution in [0.3, 0.4) is 0 Å². The van der Waals surface area contributed by atoms with Gasteiger partial charge >= 0.3 is 0 Å². The van der Waals surface area contributed by atoms with Crippen LogP contribution in [-0.4, -0.2) is 30.9 Å². The molecule has 0 radical (unpaired) electrons. The number of hydrogen-bond acceptors (Lipinski definition) is 5. The van der Waals surface area contributed by atoms with Gasteiger partial charge in [0.1, 0.15) is 5.00 Å². The maximum absolute atomic E-state index is 12.2. The molecule has 1 atom stereocenters. The number of furan rings is 1. The molecule has 124 valence electrons. The highest BCUT2D eigenvalue weighted by atomic mass is 35.5. The molecule has 1 fully saturated rings. The van der Waals surface area contributed by atoms with Crippen molar-refractivity contribution in [3.8, 4) is 0 Å². The molecule has 0 aliphatic carbocycles. The summed E-state index contributed by atoms with van der Waals surface area (Å²) >= 11 is 1.31. The summed E-state index contributed by atoms with van der Waals surface area (Å²) in [6, 6.07) is 5.27. The molecule has 23 heavy (non-hydrogen) atoms. The fourth-order valence-electron chi connectivity index (χ4n) is 2.40. The highest BCUT2D eigenvalue weighted by molar-refractivity contribution is 7.14. The van der Waals surface area contributed by atoms with E-state index in [1.807, 2.05) is 0 Å². The predicted molar refractivity (Wildman–Crippen MR) is 91.6 cm³/mol. The molecule has 6 nitrogen and oxygen atoms in total. The van der Waals surface area contributed by atoms with Crippen LogP contribution in [0.15, 0.2) is 34.3 Å². The van der Waals surface area contributed by atoms with Crippen LogP contribution in [0, 0.1) is 0 Å². The third-order valence-electron chi connectivity index (χ3n) is 3.55. The van der Waals surface area contributed by atoms with Gasteiger partial charge in [-0.1, -0.05) is 0 Å². The molecule has 1 unspecified atom stereocenters. The Morgan fingerprint density at radius 3 is 2.91 bits per heavy atom. The fourth-order valence-corrected chi connectivity index (χ4v) is 3.18. The summed E-state index contributed by atoms with van der Waals surface area (Å²) < 4.78 is 5.04. The van der Waals surface area contributed by atoms with E-state index in [0.29, 0.717) is 23.2 Å². The van der Waals surface area contributed by atoms with Crippen LogP contribution >= 0.6 is 23.7 Å². The lowest BCUT2D eigenvalue weighted by molar-refractivity contribution is 0.0951. The fraction of sp³-hybridized carbons (Fsp3) is 0.333. The average Bonchev–Trinajstić information content (AvgIpc) is 3.25. The van der Waals surface area contributed by atoms with E-state index in [4.69, 9.17) is 4.42 Å². The Morgan fingerprint density at radius 2 is 2.22 bits per heavy atom. The third-order valence-corrected chi connectivity index (χ3v) is 4.38. The van der Waals surface area contributed by atoms with Gasteiger partial charge in [0.05, 0.1) is 11.8 Å². The molecule has 1 aliphatic rings. The molecule has 1 aliphatic heterocycles. The first kappa shape index (κ1) is 17.5. The SMILES string of the molecule is Cl.O=C(Nc1sccc1C(=O)NCC1CCCN1)c1ccco1. The molecule has 3 rings (SSSR count). The first-order valence-corrected chi connectivity index (χ1v) is 8.06. The second kappa shape index (κ2) is 8.14. The summed E-state index contributed by atoms with van der Waals surface area (Å²) in [6.07, 6.45) is 3.65. The van der Waals surface area contributed by atoms with Crippen LogP contribution < -0.4 is 16.0 Å². The van der Waals surface area contributed by atoms with E-state index in [2.05, 4.69) is 16.0 Å². The van der Waals surface area contributed by atoms with Crippen molar-refractivity contribution in [3.63, 3.8) is 0 Å². The zero-order chi connectivity index (χ0) is 15.4. The molecule has 0 aromatic carbocycles. The summed E-state index contributed by atoms with van der Waals surface area (Å²) in [6.45, 7) is 1.60. The van der Waals surface area contributed by atoms with Crippen molar-refractivity contribution >= 4 is 40.6 Å². The Balaban J connectivity index is 0.00000192. The standard InChI is InChI=1S/C15H17N3O3S.ClH/c19-13(17-9-10-3-1-6-16-10)11-5-8-22-15(11)18-14(20)12-4-2-7-21-12;/h2,4-5,7-8,10,16H,1,3,6,9H2,(H,17,19)(H,18,20);1H. The second-order valence-electron chi connectivity index (χ2n) is 5.10. The Bertz CT molecular complexity index is 651. The maximum atomic E-state index is 12.2. The number of hydrogen-bond donors (Lipinski definition) is 3. The van der Waals surface area contributed by atoms with Gasteiger partial charge in [0.15, 0.2) is 5.76 Å². The molecule has 0 saturated carbocycles. The predicted octanol–water partition coefficient (Wildman–Crippen LogP) is 2.50. The summed E-state index contributed by atoms with van der Waals surface area (Å²) in [5.74, 6) is -0.321. The van der Waals surface area contributed by atoms with Gasteiger partial charge in [-0.3, -0.25) is 9.59 Å². The molecule has 3 heterocycles. The van der Waals surface area contributed by atoms with Gasteiger partial charge in [0.25, 0.3) is 11.8 Å². The first-order valence-electron chi connectivity index (χ1n) is 7.18. The average molecular weight is 356 g/mol. The minimum absolute atomic E-state index is 0. The Morgan fingerprint density at radius 1 is 1.35 bits per heavy atom. The van der Waals surface area contributed by atoms with E-state index in [9.17, 15) is 9.59 Å². The first-order chi connectivity index (χ1) is 10.7. The van der Waals surface area contributed by atoms with Crippen molar-refractivity contribution in [1.29, 1.82) is 0 Å². The van der Waals surface area contributed by atoms with Crippen LogP contribution in [-0.2, 0) is 0 Å². The lowest BCUT2D eigenvalue weighted by atomic mass is 10.2. The van der Waals surface area contributed by atoms with E-state index in [1.165, 1.54) is 17.6 Å². The largest absolute Gasteiger partial charge is 0.459 e. The van der Waals surface area contributed by atoms with Gasteiger partial charge in [-0.25, -0.2) is 0 Å². The third kappa shape index (κ3) is 4.34. The summed E-state index contributed by atoms with van der Waals surface area (Å²) in [5, 5.41) is 11.2. The van der Waals surface area contributed by atoms with Gasteiger partial charge in [-0.2, -0.15) is 0 Å². The molecule has 2 amide bonds. The summed E-state index contributed by atoms with van der Waals surface area (Å²) in [4.78, 5) is 24.2. The van der Waals surface area contributed by atoms with Gasteiger partial charge < -0.3 is 20.4 Å². The summed E-state index contributed by atoms with van der Waals surface area (Å²) in [5.41, 5.74) is 0.475. The quantitative estimate of drug-likeness (QED) is 0.769. The summed E-state index contributed by atoms with van der Waals surface area (Å²) in [7, 11) is 0. The highest BCUT2D eigenvalue weighted by Crippen LogP contribution is 2.24. The Kier molecular flexibility index (Phi) is 6.20. The van der Waals surface area contributed by atoms with Crippen molar-refractivity contribution in [2.45, 2.75) is 18.9 Å². The van der Waals surface area contributed by atoms with E-state index < -0.39 is 0 Å². The van der Waals surface area contributed by atoms with Gasteiger partial charge in [-0.15, -0.1) is 23.7 Å². The number of nitrogens with one attached hydrogen (secondary N) is 3. The second-order valence-corrected chi connectivity index (χ2v) is 6.01. The molecule has 0 bridgehead atoms. The van der Waals surface area contributed by atoms with E-state index >= 15 is 0 Å². The van der Waals surface area contributed by atoms with E-state index in [1.54, 1.807) is 23.6 Å². The minimum atomic E-state index is -0.362. The van der Waals surface area contributed by atoms with Crippen molar-refractivity contribution in [1.82, 2.24) is 10.6 Å². The molecule has 3 N–H and O–H groups in total. The van der Waals surface area contributed by atoms with Gasteiger partial charge in [0.2, 0.25) is 0 Å². The lowest BCUT2D eigenvalue weighted by Crippen LogP contribution is -2.37. The number of anilines is 1. The van der Waals surface area contributed by atoms with E-state index in [-0.39, 0.29) is 30.0 Å². The number of amides is 2. The topological polar surface area (TPSA) is 83.4 Å². The number of carbonyl (C=O) groups is 2.